The molecule has 3 rings (SSSR count). The average Bonchev–Trinajstić information content (AvgIpc) is 2.60. The van der Waals surface area contributed by atoms with E-state index in [1.54, 1.807) is 14.2 Å². The van der Waals surface area contributed by atoms with Gasteiger partial charge in [0.2, 0.25) is 0 Å². The number of hydrogen-bond donors (Lipinski definition) is 1. The monoisotopic (exact) mass is 471 g/mol. The zero-order valence-corrected chi connectivity index (χ0v) is 18.4. The van der Waals surface area contributed by atoms with Crippen molar-refractivity contribution in [1.29, 1.82) is 0 Å². The third kappa shape index (κ3) is 3.50. The van der Waals surface area contributed by atoms with Crippen molar-refractivity contribution in [2.75, 3.05) is 27.3 Å². The van der Waals surface area contributed by atoms with Crippen LogP contribution in [0.25, 0.3) is 0 Å². The van der Waals surface area contributed by atoms with Crippen molar-refractivity contribution < 1.29 is 14.6 Å². The highest BCUT2D eigenvalue weighted by Crippen LogP contribution is 2.50. The smallest absolute Gasteiger partial charge is 0.161 e. The van der Waals surface area contributed by atoms with E-state index in [9.17, 15) is 5.11 Å². The number of nitrogens with zero attached hydrogens (tertiary/aromatic N) is 1. The first-order valence-electron chi connectivity index (χ1n) is 9.36. The molecule has 2 aliphatic heterocycles. The molecule has 3 unspecified atom stereocenters. The molecule has 0 saturated carbocycles. The van der Waals surface area contributed by atoms with E-state index in [2.05, 4.69) is 60.0 Å². The summed E-state index contributed by atoms with van der Waals surface area (Å²) in [4.78, 5) is 2.54. The van der Waals surface area contributed by atoms with Gasteiger partial charge in [-0.3, -0.25) is 4.90 Å². The molecule has 1 aromatic carbocycles. The first kappa shape index (κ1) is 20.0. The molecule has 5 heteroatoms. The molecule has 1 aromatic rings. The van der Waals surface area contributed by atoms with Gasteiger partial charge < -0.3 is 14.6 Å². The molecule has 0 aliphatic carbocycles. The third-order valence-corrected chi connectivity index (χ3v) is 6.91. The van der Waals surface area contributed by atoms with Crippen molar-refractivity contribution in [3.63, 3.8) is 0 Å². The van der Waals surface area contributed by atoms with Gasteiger partial charge in [0, 0.05) is 35.0 Å². The molecule has 1 fully saturated rings. The highest BCUT2D eigenvalue weighted by Gasteiger charge is 2.48. The Hall–Kier alpha value is -0.790. The summed E-state index contributed by atoms with van der Waals surface area (Å²) in [5.74, 6) is 2.32. The van der Waals surface area contributed by atoms with E-state index in [4.69, 9.17) is 9.47 Å². The number of halogens is 1. The molecule has 3 atom stereocenters. The van der Waals surface area contributed by atoms with Gasteiger partial charge in [-0.1, -0.05) is 20.4 Å². The average molecular weight is 471 g/mol. The summed E-state index contributed by atoms with van der Waals surface area (Å²) in [5.41, 5.74) is 1.73. The summed E-state index contributed by atoms with van der Waals surface area (Å²) in [6, 6.07) is 4.40. The van der Waals surface area contributed by atoms with Crippen LogP contribution in [0, 0.1) is 11.8 Å². The molecule has 26 heavy (non-hydrogen) atoms. The Morgan fingerprint density at radius 1 is 1.35 bits per heavy atom. The van der Waals surface area contributed by atoms with Crippen LogP contribution in [0.4, 0.5) is 0 Å². The Bertz CT molecular complexity index is 690. The van der Waals surface area contributed by atoms with E-state index in [1.165, 1.54) is 11.1 Å². The minimum atomic E-state index is -0.826. The molecule has 1 N–H and O–H groups in total. The highest BCUT2D eigenvalue weighted by atomic mass is 127. The fourth-order valence-electron chi connectivity index (χ4n) is 4.60. The molecule has 0 bridgehead atoms. The number of methoxy groups -OCH3 is 2. The van der Waals surface area contributed by atoms with E-state index in [0.717, 1.165) is 41.0 Å². The molecule has 0 amide bonds. The fraction of sp³-hybridized carbons (Fsp3) is 0.619. The van der Waals surface area contributed by atoms with Crippen molar-refractivity contribution in [2.45, 2.75) is 44.8 Å². The van der Waals surface area contributed by atoms with Gasteiger partial charge in [0.15, 0.2) is 11.5 Å². The van der Waals surface area contributed by atoms with Gasteiger partial charge in [-0.2, -0.15) is 0 Å². The molecular weight excluding hydrogens is 441 g/mol. The van der Waals surface area contributed by atoms with Gasteiger partial charge in [0.05, 0.1) is 14.2 Å². The Labute approximate surface area is 170 Å². The van der Waals surface area contributed by atoms with E-state index in [1.807, 2.05) is 0 Å². The maximum absolute atomic E-state index is 11.6. The summed E-state index contributed by atoms with van der Waals surface area (Å²) >= 11 is 2.22. The third-order valence-electron chi connectivity index (χ3n) is 5.97. The Morgan fingerprint density at radius 3 is 2.58 bits per heavy atom. The number of hydrogen-bond acceptors (Lipinski definition) is 4. The van der Waals surface area contributed by atoms with Gasteiger partial charge in [0.1, 0.15) is 5.60 Å². The zero-order chi connectivity index (χ0) is 19.1. The number of fused-ring (bicyclic) bond motifs is 3. The second-order valence-corrected chi connectivity index (χ2v) is 9.33. The van der Waals surface area contributed by atoms with E-state index in [0.29, 0.717) is 12.3 Å². The van der Waals surface area contributed by atoms with E-state index < -0.39 is 5.60 Å². The predicted octanol–water partition coefficient (Wildman–Crippen LogP) is 4.35. The molecule has 4 nitrogen and oxygen atoms in total. The number of rotatable bonds is 5. The quantitative estimate of drug-likeness (QED) is 0.649. The topological polar surface area (TPSA) is 41.9 Å². The number of benzene rings is 1. The van der Waals surface area contributed by atoms with Crippen LogP contribution in [0.5, 0.6) is 11.5 Å². The number of ether oxygens (including phenoxy) is 2. The Morgan fingerprint density at radius 2 is 2.00 bits per heavy atom. The Balaban J connectivity index is 1.99. The lowest BCUT2D eigenvalue weighted by molar-refractivity contribution is -0.0722. The Kier molecular flexibility index (Phi) is 5.89. The molecular formula is C21H30INO3. The predicted molar refractivity (Wildman–Crippen MR) is 113 cm³/mol. The van der Waals surface area contributed by atoms with Gasteiger partial charge in [0.25, 0.3) is 0 Å². The van der Waals surface area contributed by atoms with Crippen molar-refractivity contribution in [3.8, 4) is 11.5 Å². The van der Waals surface area contributed by atoms with Crippen LogP contribution in [0.1, 0.15) is 43.9 Å². The van der Waals surface area contributed by atoms with Crippen LogP contribution in [0.15, 0.2) is 22.3 Å². The largest absolute Gasteiger partial charge is 0.493 e. The van der Waals surface area contributed by atoms with E-state index in [-0.39, 0.29) is 12.0 Å². The van der Waals surface area contributed by atoms with Crippen LogP contribution in [-0.4, -0.2) is 42.9 Å². The summed E-state index contributed by atoms with van der Waals surface area (Å²) in [5, 5.41) is 11.6. The fourth-order valence-corrected chi connectivity index (χ4v) is 5.26. The summed E-state index contributed by atoms with van der Waals surface area (Å²) in [6.07, 6.45) is 2.71. The van der Waals surface area contributed by atoms with Gasteiger partial charge in [-0.25, -0.2) is 0 Å². The van der Waals surface area contributed by atoms with E-state index >= 15 is 0 Å². The minimum Gasteiger partial charge on any atom is -0.493 e. The SMILES string of the molecule is C=C(I)C1(O)CC2c3cc(OC)c(OC)cc3CCN2CC1CC(C)C. The molecule has 144 valence electrons. The van der Waals surface area contributed by atoms with Crippen molar-refractivity contribution in [1.82, 2.24) is 4.90 Å². The minimum absolute atomic E-state index is 0.193. The number of aliphatic hydroxyl groups is 1. The standard InChI is InChI=1S/C21H30INO3/c1-13(2)8-16-12-23-7-6-15-9-19(25-4)20(26-5)10-17(15)18(23)11-21(16,24)14(3)22/h9-10,13,16,18,24H,3,6-8,11-12H2,1-2,4-5H3. The maximum atomic E-state index is 11.6. The molecule has 0 aromatic heterocycles. The maximum Gasteiger partial charge on any atom is 0.161 e. The zero-order valence-electron chi connectivity index (χ0n) is 16.2. The van der Waals surface area contributed by atoms with Crippen LogP contribution in [0.3, 0.4) is 0 Å². The summed E-state index contributed by atoms with van der Waals surface area (Å²) < 4.78 is 11.9. The van der Waals surface area contributed by atoms with Crippen LogP contribution in [0.2, 0.25) is 0 Å². The van der Waals surface area contributed by atoms with Gasteiger partial charge in [-0.05, 0) is 64.6 Å². The van der Waals surface area contributed by atoms with Gasteiger partial charge >= 0.3 is 0 Å². The first-order chi connectivity index (χ1) is 12.3. The normalized spacial score (nSPS) is 28.4. The molecule has 1 saturated heterocycles. The van der Waals surface area contributed by atoms with Gasteiger partial charge in [-0.15, -0.1) is 0 Å². The van der Waals surface area contributed by atoms with Crippen molar-refractivity contribution in [3.05, 3.63) is 33.4 Å². The first-order valence-corrected chi connectivity index (χ1v) is 10.4. The second-order valence-electron chi connectivity index (χ2n) is 8.03. The lowest BCUT2D eigenvalue weighted by atomic mass is 9.71. The van der Waals surface area contributed by atoms with Crippen LogP contribution >= 0.6 is 22.6 Å². The summed E-state index contributed by atoms with van der Waals surface area (Å²) in [7, 11) is 3.35. The summed E-state index contributed by atoms with van der Waals surface area (Å²) in [6.45, 7) is 10.5. The van der Waals surface area contributed by atoms with Crippen molar-refractivity contribution >= 4 is 22.6 Å². The molecule has 0 spiro atoms. The lowest BCUT2D eigenvalue weighted by Gasteiger charge is -2.51. The highest BCUT2D eigenvalue weighted by molar-refractivity contribution is 14.1. The molecule has 2 aliphatic rings. The second kappa shape index (κ2) is 7.68. The van der Waals surface area contributed by atoms with Crippen LogP contribution in [-0.2, 0) is 6.42 Å². The lowest BCUT2D eigenvalue weighted by Crippen LogP contribution is -2.55. The van der Waals surface area contributed by atoms with Crippen LogP contribution < -0.4 is 9.47 Å². The molecule has 0 radical (unpaired) electrons. The van der Waals surface area contributed by atoms with Crippen molar-refractivity contribution in [2.24, 2.45) is 11.8 Å². The number of piperidine rings is 1. The molecule has 2 heterocycles.